The summed E-state index contributed by atoms with van der Waals surface area (Å²) < 4.78 is 1.75. The van der Waals surface area contributed by atoms with Crippen molar-refractivity contribution in [3.63, 3.8) is 0 Å². The lowest BCUT2D eigenvalue weighted by Crippen LogP contribution is -2.13. The summed E-state index contributed by atoms with van der Waals surface area (Å²) in [6.07, 6.45) is 1.52. The van der Waals surface area contributed by atoms with Gasteiger partial charge in [0.05, 0.1) is 17.4 Å². The summed E-state index contributed by atoms with van der Waals surface area (Å²) in [6, 6.07) is 8.93. The van der Waals surface area contributed by atoms with Crippen molar-refractivity contribution in [3.05, 3.63) is 50.1 Å². The van der Waals surface area contributed by atoms with Gasteiger partial charge in [-0.1, -0.05) is 0 Å². The largest absolute Gasteiger partial charge is 0.384 e. The van der Waals surface area contributed by atoms with Gasteiger partial charge in [0, 0.05) is 8.04 Å². The van der Waals surface area contributed by atoms with E-state index in [4.69, 9.17) is 5.73 Å². The Labute approximate surface area is 126 Å². The van der Waals surface area contributed by atoms with Crippen LogP contribution in [0.25, 0.3) is 0 Å². The number of pyridine rings is 1. The highest BCUT2D eigenvalue weighted by molar-refractivity contribution is 14.1. The lowest BCUT2D eigenvalue weighted by molar-refractivity contribution is 0.102. The van der Waals surface area contributed by atoms with Crippen LogP contribution in [0.3, 0.4) is 0 Å². The summed E-state index contributed by atoms with van der Waals surface area (Å²) in [6.45, 7) is 0. The van der Waals surface area contributed by atoms with Crippen molar-refractivity contribution in [2.24, 2.45) is 0 Å². The van der Waals surface area contributed by atoms with Gasteiger partial charge in [-0.15, -0.1) is 0 Å². The van der Waals surface area contributed by atoms with Gasteiger partial charge < -0.3 is 11.1 Å². The highest BCUT2D eigenvalue weighted by atomic mass is 127. The van der Waals surface area contributed by atoms with Crippen LogP contribution in [0.1, 0.15) is 10.4 Å². The lowest BCUT2D eigenvalue weighted by atomic mass is 10.2. The maximum absolute atomic E-state index is 12.1. The Bertz CT molecular complexity index is 586. The maximum Gasteiger partial charge on any atom is 0.256 e. The Morgan fingerprint density at radius 3 is 2.78 bits per heavy atom. The molecule has 2 aromatic rings. The molecule has 1 aromatic heterocycles. The zero-order valence-corrected chi connectivity index (χ0v) is 12.9. The van der Waals surface area contributed by atoms with Crippen molar-refractivity contribution in [2.45, 2.75) is 0 Å². The molecule has 0 spiro atoms. The van der Waals surface area contributed by atoms with E-state index in [0.717, 1.165) is 8.04 Å². The number of aromatic nitrogens is 1. The van der Waals surface area contributed by atoms with E-state index in [-0.39, 0.29) is 5.91 Å². The van der Waals surface area contributed by atoms with Crippen molar-refractivity contribution >= 4 is 55.9 Å². The second-order valence-electron chi connectivity index (χ2n) is 3.55. The van der Waals surface area contributed by atoms with Crippen LogP contribution < -0.4 is 11.1 Å². The fourth-order valence-corrected chi connectivity index (χ4v) is 2.27. The van der Waals surface area contributed by atoms with Gasteiger partial charge in [0.1, 0.15) is 5.82 Å². The van der Waals surface area contributed by atoms with Crippen LogP contribution in [-0.2, 0) is 0 Å². The summed E-state index contributed by atoms with van der Waals surface area (Å²) in [5.41, 5.74) is 6.67. The maximum atomic E-state index is 12.1. The number of carbonyl (C=O) groups is 1. The normalized spacial score (nSPS) is 10.1. The van der Waals surface area contributed by atoms with Gasteiger partial charge >= 0.3 is 0 Å². The smallest absolute Gasteiger partial charge is 0.256 e. The Morgan fingerprint density at radius 2 is 2.11 bits per heavy atom. The van der Waals surface area contributed by atoms with Crippen LogP contribution in [0.15, 0.2) is 41.0 Å². The third-order valence-corrected chi connectivity index (χ3v) is 3.58. The molecule has 0 aliphatic rings. The summed E-state index contributed by atoms with van der Waals surface area (Å²) in [7, 11) is 0. The van der Waals surface area contributed by atoms with Crippen LogP contribution in [-0.4, -0.2) is 10.9 Å². The second-order valence-corrected chi connectivity index (χ2v) is 5.65. The molecule has 0 radical (unpaired) electrons. The van der Waals surface area contributed by atoms with Gasteiger partial charge in [0.2, 0.25) is 0 Å². The molecule has 0 saturated carbocycles. The van der Waals surface area contributed by atoms with Crippen LogP contribution in [0.5, 0.6) is 0 Å². The third-order valence-electron chi connectivity index (χ3n) is 2.22. The Kier molecular flexibility index (Phi) is 4.18. The minimum absolute atomic E-state index is 0.188. The number of halogens is 2. The number of hydrogen-bond acceptors (Lipinski definition) is 3. The molecule has 1 aromatic carbocycles. The topological polar surface area (TPSA) is 68.0 Å². The number of amides is 1. The molecule has 18 heavy (non-hydrogen) atoms. The molecule has 92 valence electrons. The molecule has 0 fully saturated rings. The first-order valence-electron chi connectivity index (χ1n) is 5.04. The summed E-state index contributed by atoms with van der Waals surface area (Å²) >= 11 is 5.52. The number of nitrogens with two attached hydrogens (primary N) is 1. The van der Waals surface area contributed by atoms with Crippen molar-refractivity contribution in [2.75, 3.05) is 11.1 Å². The minimum Gasteiger partial charge on any atom is -0.384 e. The van der Waals surface area contributed by atoms with E-state index in [1.54, 1.807) is 12.1 Å². The van der Waals surface area contributed by atoms with Crippen LogP contribution in [0.2, 0.25) is 0 Å². The average Bonchev–Trinajstić information content (AvgIpc) is 2.35. The van der Waals surface area contributed by atoms with Gasteiger partial charge in [-0.25, -0.2) is 4.98 Å². The first-order chi connectivity index (χ1) is 8.56. The number of carbonyl (C=O) groups excluding carboxylic acids is 1. The van der Waals surface area contributed by atoms with E-state index in [1.165, 1.54) is 6.20 Å². The van der Waals surface area contributed by atoms with E-state index < -0.39 is 0 Å². The molecule has 2 rings (SSSR count). The van der Waals surface area contributed by atoms with E-state index >= 15 is 0 Å². The van der Waals surface area contributed by atoms with Gasteiger partial charge in [0.15, 0.2) is 0 Å². The number of hydrogen-bond donors (Lipinski definition) is 2. The van der Waals surface area contributed by atoms with Crippen molar-refractivity contribution in [3.8, 4) is 0 Å². The van der Waals surface area contributed by atoms with Gasteiger partial charge in [-0.2, -0.15) is 0 Å². The SMILES string of the molecule is Nc1ccc(NC(=O)c2cc(I)ccc2Br)cn1. The van der Waals surface area contributed by atoms with Crippen LogP contribution in [0.4, 0.5) is 11.5 Å². The quantitative estimate of drug-likeness (QED) is 0.736. The Balaban J connectivity index is 2.21. The molecule has 0 aliphatic heterocycles. The standard InChI is InChI=1S/C12H9BrIN3O/c13-10-3-1-7(14)5-9(10)12(18)17-8-2-4-11(15)16-6-8/h1-6H,(H2,15,16)(H,17,18). The van der Waals surface area contributed by atoms with E-state index in [2.05, 4.69) is 48.8 Å². The molecule has 1 heterocycles. The lowest BCUT2D eigenvalue weighted by Gasteiger charge is -2.07. The molecular weight excluding hydrogens is 409 g/mol. The number of nitrogen functional groups attached to an aromatic ring is 1. The van der Waals surface area contributed by atoms with Crippen molar-refractivity contribution < 1.29 is 4.79 Å². The summed E-state index contributed by atoms with van der Waals surface area (Å²) in [5, 5.41) is 2.76. The van der Waals surface area contributed by atoms with E-state index in [0.29, 0.717) is 17.1 Å². The first-order valence-corrected chi connectivity index (χ1v) is 6.91. The first kappa shape index (κ1) is 13.3. The predicted octanol–water partition coefficient (Wildman–Crippen LogP) is 3.28. The number of anilines is 2. The van der Waals surface area contributed by atoms with Gasteiger partial charge in [-0.3, -0.25) is 4.79 Å². The van der Waals surface area contributed by atoms with Crippen LogP contribution >= 0.6 is 38.5 Å². The molecule has 0 aliphatic carbocycles. The zero-order valence-electron chi connectivity index (χ0n) is 9.15. The molecule has 1 amide bonds. The molecule has 0 bridgehead atoms. The predicted molar refractivity (Wildman–Crippen MR) is 83.5 cm³/mol. The fourth-order valence-electron chi connectivity index (χ4n) is 1.35. The number of nitrogens with zero attached hydrogens (tertiary/aromatic N) is 1. The van der Waals surface area contributed by atoms with E-state index in [1.807, 2.05) is 18.2 Å². The fraction of sp³-hybridized carbons (Fsp3) is 0. The third kappa shape index (κ3) is 3.20. The molecule has 0 saturated heterocycles. The number of nitrogens with one attached hydrogen (secondary N) is 1. The van der Waals surface area contributed by atoms with Gasteiger partial charge in [0.25, 0.3) is 5.91 Å². The Morgan fingerprint density at radius 1 is 1.33 bits per heavy atom. The van der Waals surface area contributed by atoms with Crippen molar-refractivity contribution in [1.29, 1.82) is 0 Å². The number of rotatable bonds is 2. The highest BCUT2D eigenvalue weighted by Gasteiger charge is 2.10. The molecule has 0 atom stereocenters. The molecule has 3 N–H and O–H groups in total. The number of benzene rings is 1. The van der Waals surface area contributed by atoms with Crippen molar-refractivity contribution in [1.82, 2.24) is 4.98 Å². The molecule has 6 heteroatoms. The Hall–Kier alpha value is -1.15. The molecular formula is C12H9BrIN3O. The van der Waals surface area contributed by atoms with Crippen LogP contribution in [0, 0.1) is 3.57 Å². The highest BCUT2D eigenvalue weighted by Crippen LogP contribution is 2.20. The molecule has 4 nitrogen and oxygen atoms in total. The molecule has 0 unspecified atom stereocenters. The minimum atomic E-state index is -0.188. The average molecular weight is 418 g/mol. The summed E-state index contributed by atoms with van der Waals surface area (Å²) in [5.74, 6) is 0.232. The summed E-state index contributed by atoms with van der Waals surface area (Å²) in [4.78, 5) is 16.0. The monoisotopic (exact) mass is 417 g/mol. The van der Waals surface area contributed by atoms with Gasteiger partial charge in [-0.05, 0) is 68.9 Å². The second kappa shape index (κ2) is 5.66. The van der Waals surface area contributed by atoms with E-state index in [9.17, 15) is 4.79 Å². The zero-order chi connectivity index (χ0) is 13.1.